The van der Waals surface area contributed by atoms with Gasteiger partial charge >= 0.3 is 11.9 Å². The zero-order valence-electron chi connectivity index (χ0n) is 19.7. The molecule has 0 aliphatic carbocycles. The average molecular weight is 488 g/mol. The van der Waals surface area contributed by atoms with Crippen LogP contribution in [0.3, 0.4) is 0 Å². The van der Waals surface area contributed by atoms with E-state index >= 15 is 0 Å². The van der Waals surface area contributed by atoms with Gasteiger partial charge in [0.25, 0.3) is 5.69 Å². The van der Waals surface area contributed by atoms with Crippen molar-refractivity contribution in [3.8, 4) is 16.9 Å². The number of H-pyrrole nitrogens is 1. The second kappa shape index (κ2) is 9.91. The lowest BCUT2D eigenvalue weighted by molar-refractivity contribution is -0.385. The van der Waals surface area contributed by atoms with Crippen LogP contribution in [0.15, 0.2) is 54.6 Å². The molecule has 0 spiro atoms. The highest BCUT2D eigenvalue weighted by Gasteiger charge is 2.20. The maximum absolute atomic E-state index is 12.0. The highest BCUT2D eigenvalue weighted by atomic mass is 16.6. The predicted molar refractivity (Wildman–Crippen MR) is 134 cm³/mol. The Bertz CT molecular complexity index is 1500. The molecule has 184 valence electrons. The van der Waals surface area contributed by atoms with Gasteiger partial charge in [-0.1, -0.05) is 30.3 Å². The van der Waals surface area contributed by atoms with Gasteiger partial charge < -0.3 is 19.9 Å². The molecule has 1 aromatic heterocycles. The molecule has 0 aliphatic rings. The maximum Gasteiger partial charge on any atom is 0.352 e. The summed E-state index contributed by atoms with van der Waals surface area (Å²) >= 11 is 0. The Labute approximate surface area is 206 Å². The fraction of sp³-hybridized carbons (Fsp3) is 0.185. The van der Waals surface area contributed by atoms with Gasteiger partial charge in [-0.05, 0) is 61.6 Å². The van der Waals surface area contributed by atoms with E-state index in [2.05, 4.69) is 4.98 Å². The molecule has 9 nitrogen and oxygen atoms in total. The summed E-state index contributed by atoms with van der Waals surface area (Å²) in [6.07, 6.45) is 0.905. The fourth-order valence-corrected chi connectivity index (χ4v) is 4.43. The number of ether oxygens (including phenoxy) is 1. The normalized spacial score (nSPS) is 10.9. The van der Waals surface area contributed by atoms with E-state index in [-0.39, 0.29) is 23.6 Å². The molecule has 4 rings (SSSR count). The van der Waals surface area contributed by atoms with E-state index in [1.54, 1.807) is 31.2 Å². The molecule has 0 saturated heterocycles. The summed E-state index contributed by atoms with van der Waals surface area (Å²) in [7, 11) is 0. The summed E-state index contributed by atoms with van der Waals surface area (Å²) in [5.41, 5.74) is 4.33. The van der Waals surface area contributed by atoms with Crippen LogP contribution in [0.1, 0.15) is 44.0 Å². The van der Waals surface area contributed by atoms with Crippen LogP contribution in [0.5, 0.6) is 5.75 Å². The third kappa shape index (κ3) is 4.63. The number of nitro benzene ring substituents is 1. The van der Waals surface area contributed by atoms with Crippen LogP contribution in [0.4, 0.5) is 5.69 Å². The molecular weight excluding hydrogens is 464 g/mol. The van der Waals surface area contributed by atoms with Crippen LogP contribution in [-0.4, -0.2) is 38.7 Å². The van der Waals surface area contributed by atoms with Gasteiger partial charge in [0.05, 0.1) is 28.2 Å². The highest BCUT2D eigenvalue weighted by Crippen LogP contribution is 2.34. The minimum atomic E-state index is -1.08. The van der Waals surface area contributed by atoms with Crippen LogP contribution in [0, 0.1) is 24.0 Å². The van der Waals surface area contributed by atoms with E-state index in [9.17, 15) is 29.9 Å². The number of nitrogens with one attached hydrogen (secondary N) is 1. The van der Waals surface area contributed by atoms with Crippen molar-refractivity contribution in [3.63, 3.8) is 0 Å². The molecule has 0 unspecified atom stereocenters. The van der Waals surface area contributed by atoms with Crippen molar-refractivity contribution in [2.75, 3.05) is 6.61 Å². The lowest BCUT2D eigenvalue weighted by Gasteiger charge is -2.10. The molecular formula is C27H24N2O7. The monoisotopic (exact) mass is 488 g/mol. The van der Waals surface area contributed by atoms with Gasteiger partial charge in [0, 0.05) is 17.0 Å². The van der Waals surface area contributed by atoms with Gasteiger partial charge in [-0.3, -0.25) is 10.1 Å². The van der Waals surface area contributed by atoms with Crippen molar-refractivity contribution in [2.45, 2.75) is 26.7 Å². The van der Waals surface area contributed by atoms with Crippen molar-refractivity contribution in [3.05, 3.63) is 92.7 Å². The number of hydrogen-bond donors (Lipinski definition) is 3. The van der Waals surface area contributed by atoms with E-state index in [4.69, 9.17) is 4.74 Å². The molecule has 0 radical (unpaired) electrons. The molecule has 0 saturated carbocycles. The lowest BCUT2D eigenvalue weighted by Crippen LogP contribution is -2.05. The molecule has 0 aliphatic heterocycles. The van der Waals surface area contributed by atoms with Crippen LogP contribution >= 0.6 is 0 Å². The number of aromatic amines is 1. The Kier molecular flexibility index (Phi) is 6.73. The number of hydrogen-bond acceptors (Lipinski definition) is 5. The lowest BCUT2D eigenvalue weighted by atomic mass is 9.95. The SMILES string of the molecule is Cc1cc(C(=O)O)ccc1-c1cccc2c(CCCOc3cccc([N+](=O)[O-])c3C)c(C(=O)O)[nH]c12. The van der Waals surface area contributed by atoms with E-state index in [1.807, 2.05) is 25.1 Å². The molecule has 36 heavy (non-hydrogen) atoms. The van der Waals surface area contributed by atoms with Crippen molar-refractivity contribution in [2.24, 2.45) is 0 Å². The van der Waals surface area contributed by atoms with E-state index in [1.165, 1.54) is 12.1 Å². The summed E-state index contributed by atoms with van der Waals surface area (Å²) < 4.78 is 5.77. The average Bonchev–Trinajstić information content (AvgIpc) is 3.21. The number of para-hydroxylation sites is 1. The number of nitro groups is 1. The number of carbonyl (C=O) groups is 2. The van der Waals surface area contributed by atoms with Crippen LogP contribution < -0.4 is 4.74 Å². The topological polar surface area (TPSA) is 143 Å². The van der Waals surface area contributed by atoms with Gasteiger partial charge in [0.2, 0.25) is 0 Å². The van der Waals surface area contributed by atoms with Crippen LogP contribution in [0.25, 0.3) is 22.0 Å². The van der Waals surface area contributed by atoms with Gasteiger partial charge in [-0.25, -0.2) is 9.59 Å². The summed E-state index contributed by atoms with van der Waals surface area (Å²) in [4.78, 5) is 37.1. The van der Waals surface area contributed by atoms with Crippen molar-refractivity contribution < 1.29 is 29.5 Å². The van der Waals surface area contributed by atoms with Crippen LogP contribution in [-0.2, 0) is 6.42 Å². The third-order valence-corrected chi connectivity index (χ3v) is 6.20. The molecule has 0 amide bonds. The molecule has 0 fully saturated rings. The summed E-state index contributed by atoms with van der Waals surface area (Å²) in [6, 6.07) is 15.1. The van der Waals surface area contributed by atoms with Crippen molar-refractivity contribution >= 4 is 28.5 Å². The standard InChI is InChI=1S/C27H24N2O7/c1-15-14-17(26(30)31)11-12-18(15)19-6-3-7-20-21(25(27(32)33)28-24(19)20)8-5-13-36-23-10-4-9-22(16(23)2)29(34)35/h3-4,6-7,9-12,14,28H,5,8,13H2,1-2H3,(H,30,31)(H,32,33). The fourth-order valence-electron chi connectivity index (χ4n) is 4.43. The van der Waals surface area contributed by atoms with Gasteiger partial charge in [-0.15, -0.1) is 0 Å². The minimum absolute atomic E-state index is 0.0171. The van der Waals surface area contributed by atoms with E-state index in [0.29, 0.717) is 35.2 Å². The second-order valence-corrected chi connectivity index (χ2v) is 8.46. The quantitative estimate of drug-likeness (QED) is 0.154. The summed E-state index contributed by atoms with van der Waals surface area (Å²) in [5, 5.41) is 31.0. The van der Waals surface area contributed by atoms with Gasteiger partial charge in [-0.2, -0.15) is 0 Å². The number of rotatable bonds is 9. The Morgan fingerprint density at radius 3 is 2.42 bits per heavy atom. The number of fused-ring (bicyclic) bond motifs is 1. The highest BCUT2D eigenvalue weighted by molar-refractivity contribution is 6.03. The number of aryl methyl sites for hydroxylation is 2. The summed E-state index contributed by atoms with van der Waals surface area (Å²) in [5.74, 6) is -1.68. The first-order valence-corrected chi connectivity index (χ1v) is 11.3. The molecule has 1 heterocycles. The Balaban J connectivity index is 1.62. The first-order chi connectivity index (χ1) is 17.2. The Hall–Kier alpha value is -4.66. The minimum Gasteiger partial charge on any atom is -0.493 e. The first-order valence-electron chi connectivity index (χ1n) is 11.3. The van der Waals surface area contributed by atoms with Crippen molar-refractivity contribution in [1.29, 1.82) is 0 Å². The second-order valence-electron chi connectivity index (χ2n) is 8.46. The maximum atomic E-state index is 12.0. The van der Waals surface area contributed by atoms with Crippen LogP contribution in [0.2, 0.25) is 0 Å². The number of aromatic carboxylic acids is 2. The van der Waals surface area contributed by atoms with Gasteiger partial charge in [0.1, 0.15) is 11.4 Å². The molecule has 9 heteroatoms. The first kappa shape index (κ1) is 24.5. The molecule has 0 bridgehead atoms. The molecule has 0 atom stereocenters. The predicted octanol–water partition coefficient (Wildman–Crippen LogP) is 5.77. The third-order valence-electron chi connectivity index (χ3n) is 6.20. The Morgan fingerprint density at radius 1 is 1.00 bits per heavy atom. The number of carboxylic acid groups (broad SMARTS) is 2. The zero-order valence-corrected chi connectivity index (χ0v) is 19.7. The Morgan fingerprint density at radius 2 is 1.75 bits per heavy atom. The molecule has 3 aromatic carbocycles. The van der Waals surface area contributed by atoms with Gasteiger partial charge in [0.15, 0.2) is 0 Å². The zero-order chi connectivity index (χ0) is 26.0. The number of benzene rings is 3. The van der Waals surface area contributed by atoms with E-state index < -0.39 is 16.9 Å². The smallest absolute Gasteiger partial charge is 0.352 e. The molecule has 3 N–H and O–H groups in total. The number of aromatic nitrogens is 1. The van der Waals surface area contributed by atoms with Crippen molar-refractivity contribution in [1.82, 2.24) is 4.98 Å². The molecule has 4 aromatic rings. The number of nitrogens with zero attached hydrogens (tertiary/aromatic N) is 1. The largest absolute Gasteiger partial charge is 0.493 e. The number of carboxylic acids is 2. The van der Waals surface area contributed by atoms with E-state index in [0.717, 1.165) is 22.1 Å². The summed E-state index contributed by atoms with van der Waals surface area (Å²) in [6.45, 7) is 3.70.